The fraction of sp³-hybridized carbons (Fsp3) is 0.0667. The summed E-state index contributed by atoms with van der Waals surface area (Å²) in [6.07, 6.45) is 0. The van der Waals surface area contributed by atoms with Gasteiger partial charge in [0.1, 0.15) is 11.4 Å². The van der Waals surface area contributed by atoms with Crippen LogP contribution in [0, 0.1) is 0 Å². The van der Waals surface area contributed by atoms with Crippen LogP contribution < -0.4 is 16.7 Å². The molecule has 1 aliphatic heterocycles. The molecule has 1 aliphatic rings. The van der Waals surface area contributed by atoms with E-state index in [1.54, 1.807) is 5.01 Å². The van der Waals surface area contributed by atoms with Crippen molar-refractivity contribution in [2.75, 3.05) is 10.9 Å². The number of benzene rings is 2. The van der Waals surface area contributed by atoms with Gasteiger partial charge in [0.25, 0.3) is 0 Å². The third-order valence-corrected chi connectivity index (χ3v) is 3.78. The first-order chi connectivity index (χ1) is 10.3. The second kappa shape index (κ2) is 4.32. The van der Waals surface area contributed by atoms with Gasteiger partial charge in [-0.2, -0.15) is 4.79 Å². The van der Waals surface area contributed by atoms with Crippen molar-refractivity contribution in [3.63, 3.8) is 0 Å². The van der Waals surface area contributed by atoms with E-state index in [0.29, 0.717) is 6.54 Å². The quantitative estimate of drug-likeness (QED) is 0.609. The first-order valence-corrected chi connectivity index (χ1v) is 6.66. The van der Waals surface area contributed by atoms with Gasteiger partial charge >= 0.3 is 0 Å². The van der Waals surface area contributed by atoms with Crippen molar-refractivity contribution in [2.45, 2.75) is 6.54 Å². The molecule has 2 aromatic carbocycles. The van der Waals surface area contributed by atoms with Crippen LogP contribution in [0.15, 0.2) is 48.5 Å². The second-order valence-corrected chi connectivity index (χ2v) is 5.03. The van der Waals surface area contributed by atoms with Gasteiger partial charge in [0, 0.05) is 11.1 Å². The summed E-state index contributed by atoms with van der Waals surface area (Å²) < 4.78 is 0. The van der Waals surface area contributed by atoms with Crippen molar-refractivity contribution in [1.29, 1.82) is 0 Å². The number of hydrogen-bond acceptors (Lipinski definition) is 5. The van der Waals surface area contributed by atoms with Gasteiger partial charge in [-0.25, -0.2) is 5.84 Å². The van der Waals surface area contributed by atoms with E-state index in [2.05, 4.69) is 10.3 Å². The van der Waals surface area contributed by atoms with Gasteiger partial charge in [-0.1, -0.05) is 42.5 Å². The lowest BCUT2D eigenvalue weighted by Gasteiger charge is -2.25. The van der Waals surface area contributed by atoms with Crippen molar-refractivity contribution in [1.82, 2.24) is 15.1 Å². The molecule has 1 aromatic heterocycles. The second-order valence-electron chi connectivity index (χ2n) is 5.03. The Bertz CT molecular complexity index is 823. The van der Waals surface area contributed by atoms with Crippen LogP contribution in [0.3, 0.4) is 0 Å². The lowest BCUT2D eigenvalue weighted by molar-refractivity contribution is 0.770. The molecule has 0 saturated carbocycles. The number of hydrazine groups is 1. The number of hydrogen-bond donors (Lipinski definition) is 2. The topological polar surface area (TPSA) is 86.0 Å². The first-order valence-electron chi connectivity index (χ1n) is 6.66. The Hall–Kier alpha value is -2.86. The molecule has 4 N–H and O–H groups in total. The van der Waals surface area contributed by atoms with Crippen LogP contribution in [0.25, 0.3) is 22.5 Å². The largest absolute Gasteiger partial charge is 0.321 e. The average molecular weight is 278 g/mol. The smallest absolute Gasteiger partial charge is 0.125 e. The maximum absolute atomic E-state index is 6.24. The maximum Gasteiger partial charge on any atom is 0.125 e. The summed E-state index contributed by atoms with van der Waals surface area (Å²) in [7, 11) is 0. The summed E-state index contributed by atoms with van der Waals surface area (Å²) >= 11 is 0. The zero-order valence-electron chi connectivity index (χ0n) is 11.3. The number of fused-ring (bicyclic) bond motifs is 5. The summed E-state index contributed by atoms with van der Waals surface area (Å²) in [6.45, 7) is 0.595. The third kappa shape index (κ3) is 1.70. The van der Waals surface area contributed by atoms with E-state index < -0.39 is 0 Å². The molecular formula is C15H14N6. The molecule has 0 fully saturated rings. The van der Waals surface area contributed by atoms with E-state index in [9.17, 15) is 0 Å². The Morgan fingerprint density at radius 2 is 1.62 bits per heavy atom. The lowest BCUT2D eigenvalue weighted by atomic mass is 9.96. The van der Waals surface area contributed by atoms with Crippen LogP contribution in [0.4, 0.5) is 5.69 Å². The van der Waals surface area contributed by atoms with Gasteiger partial charge in [-0.3, -0.25) is 0 Å². The van der Waals surface area contributed by atoms with Crippen molar-refractivity contribution in [2.24, 2.45) is 5.84 Å². The Morgan fingerprint density at radius 3 is 2.48 bits per heavy atom. The van der Waals surface area contributed by atoms with Crippen LogP contribution in [0.1, 0.15) is 5.56 Å². The van der Waals surface area contributed by atoms with Crippen molar-refractivity contribution in [3.8, 4) is 22.5 Å². The number of nitrogens with zero attached hydrogens (tertiary/aromatic N) is 4. The number of anilines is 1. The van der Waals surface area contributed by atoms with Crippen LogP contribution >= 0.6 is 0 Å². The standard InChI is InChI=1S/C15H14N6/c16-20-9-10-5-1-2-6-11(10)15-14(18-19-21(15)17)12-7-3-4-8-13(12)20/h1-8H,9,16-17H2. The van der Waals surface area contributed by atoms with Gasteiger partial charge in [-0.05, 0) is 16.8 Å². The number of nitrogen functional groups attached to an aromatic ring is 1. The predicted molar refractivity (Wildman–Crippen MR) is 81.4 cm³/mol. The molecule has 6 nitrogen and oxygen atoms in total. The number of para-hydroxylation sites is 1. The van der Waals surface area contributed by atoms with Gasteiger partial charge in [-0.15, -0.1) is 5.10 Å². The fourth-order valence-electron chi connectivity index (χ4n) is 2.81. The Kier molecular flexibility index (Phi) is 2.45. The summed E-state index contributed by atoms with van der Waals surface area (Å²) in [5, 5.41) is 9.96. The molecule has 0 saturated heterocycles. The normalized spacial score (nSPS) is 12.9. The predicted octanol–water partition coefficient (Wildman–Crippen LogP) is 1.52. The minimum atomic E-state index is 0.595. The molecule has 0 atom stereocenters. The molecule has 0 radical (unpaired) electrons. The zero-order chi connectivity index (χ0) is 14.4. The summed E-state index contributed by atoms with van der Waals surface area (Å²) in [5.41, 5.74) is 5.49. The Morgan fingerprint density at radius 1 is 0.905 bits per heavy atom. The van der Waals surface area contributed by atoms with E-state index in [1.807, 2.05) is 48.5 Å². The number of rotatable bonds is 0. The molecule has 0 unspecified atom stereocenters. The van der Waals surface area contributed by atoms with E-state index in [1.165, 1.54) is 4.79 Å². The van der Waals surface area contributed by atoms with Crippen molar-refractivity contribution >= 4 is 5.69 Å². The van der Waals surface area contributed by atoms with Crippen molar-refractivity contribution < 1.29 is 0 Å². The zero-order valence-corrected chi connectivity index (χ0v) is 11.3. The van der Waals surface area contributed by atoms with Crippen LogP contribution in [0.2, 0.25) is 0 Å². The summed E-state index contributed by atoms with van der Waals surface area (Å²) in [4.78, 5) is 1.33. The molecule has 0 amide bonds. The van der Waals surface area contributed by atoms with Crippen molar-refractivity contribution in [3.05, 3.63) is 54.1 Å². The third-order valence-electron chi connectivity index (χ3n) is 3.78. The Labute approximate surface area is 121 Å². The molecule has 0 aliphatic carbocycles. The average Bonchev–Trinajstić information content (AvgIpc) is 2.88. The fourth-order valence-corrected chi connectivity index (χ4v) is 2.81. The number of nitrogens with two attached hydrogens (primary N) is 2. The van der Waals surface area contributed by atoms with Gasteiger partial charge < -0.3 is 10.9 Å². The molecule has 21 heavy (non-hydrogen) atoms. The SMILES string of the molecule is NN1Cc2ccccc2-c2c(nnn2N)-c2ccccc21. The van der Waals surface area contributed by atoms with E-state index >= 15 is 0 Å². The van der Waals surface area contributed by atoms with E-state index in [-0.39, 0.29) is 0 Å². The molecule has 6 heteroatoms. The highest BCUT2D eigenvalue weighted by molar-refractivity contribution is 5.87. The molecule has 0 bridgehead atoms. The van der Waals surface area contributed by atoms with Gasteiger partial charge in [0.05, 0.1) is 12.2 Å². The van der Waals surface area contributed by atoms with E-state index in [4.69, 9.17) is 11.7 Å². The summed E-state index contributed by atoms with van der Waals surface area (Å²) in [6, 6.07) is 15.9. The number of aromatic nitrogens is 3. The highest BCUT2D eigenvalue weighted by Crippen LogP contribution is 2.38. The monoisotopic (exact) mass is 278 g/mol. The highest BCUT2D eigenvalue weighted by atomic mass is 15.6. The van der Waals surface area contributed by atoms with Crippen LogP contribution in [0.5, 0.6) is 0 Å². The minimum absolute atomic E-state index is 0.595. The van der Waals surface area contributed by atoms with Crippen LogP contribution in [-0.4, -0.2) is 15.1 Å². The molecule has 2 heterocycles. The van der Waals surface area contributed by atoms with Crippen LogP contribution in [-0.2, 0) is 6.54 Å². The maximum atomic E-state index is 6.24. The first kappa shape index (κ1) is 11.9. The molecule has 4 rings (SSSR count). The van der Waals surface area contributed by atoms with Gasteiger partial charge in [0.15, 0.2) is 0 Å². The van der Waals surface area contributed by atoms with Gasteiger partial charge in [0.2, 0.25) is 0 Å². The minimum Gasteiger partial charge on any atom is -0.321 e. The van der Waals surface area contributed by atoms with E-state index in [0.717, 1.165) is 33.8 Å². The Balaban J connectivity index is 2.11. The molecule has 0 spiro atoms. The summed E-state index contributed by atoms with van der Waals surface area (Å²) in [5.74, 6) is 12.2. The lowest BCUT2D eigenvalue weighted by Crippen LogP contribution is -2.31. The molecule has 3 aromatic rings. The molecule has 104 valence electrons. The highest BCUT2D eigenvalue weighted by Gasteiger charge is 2.24. The molecular weight excluding hydrogens is 264 g/mol.